The number of rotatable bonds is 4. The second-order valence-corrected chi connectivity index (χ2v) is 6.15. The highest BCUT2D eigenvalue weighted by Crippen LogP contribution is 2.41. The summed E-state index contributed by atoms with van der Waals surface area (Å²) < 4.78 is 13.2. The van der Waals surface area contributed by atoms with Gasteiger partial charge in [-0.1, -0.05) is 19.3 Å². The highest BCUT2D eigenvalue weighted by molar-refractivity contribution is 5.75. The summed E-state index contributed by atoms with van der Waals surface area (Å²) in [6.07, 6.45) is 5.96. The van der Waals surface area contributed by atoms with E-state index in [1.165, 1.54) is 18.6 Å². The lowest BCUT2D eigenvalue weighted by molar-refractivity contribution is -0.140. The minimum Gasteiger partial charge on any atom is -0.481 e. The molecule has 112 valence electrons. The minimum atomic E-state index is -0.751. The monoisotopic (exact) mass is 290 g/mol. The van der Waals surface area contributed by atoms with Crippen molar-refractivity contribution >= 4 is 17.0 Å². The van der Waals surface area contributed by atoms with E-state index < -0.39 is 5.97 Å². The maximum Gasteiger partial charge on any atom is 0.303 e. The Hall–Kier alpha value is -1.91. The minimum absolute atomic E-state index is 0.179. The number of hydrogen-bond acceptors (Lipinski definition) is 2. The molecule has 0 saturated heterocycles. The number of fused-ring (bicyclic) bond motifs is 1. The first-order valence-electron chi connectivity index (χ1n) is 7.42. The van der Waals surface area contributed by atoms with Crippen LogP contribution < -0.4 is 0 Å². The van der Waals surface area contributed by atoms with Crippen molar-refractivity contribution in [2.45, 2.75) is 44.9 Å². The molecule has 1 fully saturated rings. The molecule has 1 saturated carbocycles. The van der Waals surface area contributed by atoms with Crippen molar-refractivity contribution in [2.24, 2.45) is 5.41 Å². The Bertz CT molecular complexity index is 659. The van der Waals surface area contributed by atoms with Gasteiger partial charge >= 0.3 is 5.97 Å². The smallest absolute Gasteiger partial charge is 0.303 e. The largest absolute Gasteiger partial charge is 0.481 e. The van der Waals surface area contributed by atoms with Crippen molar-refractivity contribution in [3.63, 3.8) is 0 Å². The molecule has 21 heavy (non-hydrogen) atoms. The first-order chi connectivity index (χ1) is 10.1. The molecule has 0 aliphatic heterocycles. The summed E-state index contributed by atoms with van der Waals surface area (Å²) in [6.45, 7) is 0. The molecule has 1 aromatic heterocycles. The fraction of sp³-hybridized carbons (Fsp3) is 0.500. The first-order valence-corrected chi connectivity index (χ1v) is 7.42. The van der Waals surface area contributed by atoms with Crippen molar-refractivity contribution in [1.29, 1.82) is 0 Å². The van der Waals surface area contributed by atoms with Crippen LogP contribution in [0.5, 0.6) is 0 Å². The van der Waals surface area contributed by atoms with Crippen LogP contribution in [0.2, 0.25) is 0 Å². The van der Waals surface area contributed by atoms with Gasteiger partial charge in [-0.2, -0.15) is 0 Å². The molecule has 0 spiro atoms. The zero-order valence-corrected chi connectivity index (χ0v) is 11.9. The normalized spacial score (nSPS) is 18.0. The Balaban J connectivity index is 1.88. The fourth-order valence-electron chi connectivity index (χ4n) is 3.51. The summed E-state index contributed by atoms with van der Waals surface area (Å²) in [5.41, 5.74) is 1.19. The standard InChI is InChI=1S/C16H19FN2O2/c17-11-4-5-12-13(8-11)19-14(18-12)9-16(10-15(20)21)6-2-1-3-7-16/h4-5,8H,1-3,6-7,9-10H2,(H,18,19)(H,20,21). The number of H-pyrrole nitrogens is 1. The molecule has 3 rings (SSSR count). The van der Waals surface area contributed by atoms with Crippen molar-refractivity contribution in [3.05, 3.63) is 29.8 Å². The van der Waals surface area contributed by atoms with Crippen molar-refractivity contribution in [3.8, 4) is 0 Å². The van der Waals surface area contributed by atoms with Gasteiger partial charge in [0.25, 0.3) is 0 Å². The quantitative estimate of drug-likeness (QED) is 0.903. The van der Waals surface area contributed by atoms with Gasteiger partial charge in [0.05, 0.1) is 17.5 Å². The Kier molecular flexibility index (Phi) is 3.66. The Morgan fingerprint density at radius 2 is 2.10 bits per heavy atom. The number of aromatic amines is 1. The van der Waals surface area contributed by atoms with Gasteiger partial charge in [-0.05, 0) is 36.5 Å². The van der Waals surface area contributed by atoms with E-state index in [0.29, 0.717) is 11.9 Å². The second kappa shape index (κ2) is 5.47. The van der Waals surface area contributed by atoms with E-state index in [-0.39, 0.29) is 17.7 Å². The van der Waals surface area contributed by atoms with Crippen LogP contribution >= 0.6 is 0 Å². The van der Waals surface area contributed by atoms with Gasteiger partial charge in [0.1, 0.15) is 11.6 Å². The molecular formula is C16H19FN2O2. The molecule has 0 unspecified atom stereocenters. The third kappa shape index (κ3) is 3.06. The summed E-state index contributed by atoms with van der Waals surface area (Å²) in [4.78, 5) is 18.8. The Morgan fingerprint density at radius 1 is 1.33 bits per heavy atom. The molecule has 1 heterocycles. The van der Waals surface area contributed by atoms with E-state index in [9.17, 15) is 14.3 Å². The average Bonchev–Trinajstić information content (AvgIpc) is 2.79. The molecule has 0 radical (unpaired) electrons. The molecule has 2 N–H and O–H groups in total. The number of aliphatic carboxylic acids is 1. The molecule has 0 atom stereocenters. The van der Waals surface area contributed by atoms with Gasteiger partial charge in [-0.25, -0.2) is 9.37 Å². The number of halogens is 1. The second-order valence-electron chi connectivity index (χ2n) is 6.15. The number of carboxylic acid groups (broad SMARTS) is 1. The highest BCUT2D eigenvalue weighted by Gasteiger charge is 2.35. The zero-order chi connectivity index (χ0) is 14.9. The SMILES string of the molecule is O=C(O)CC1(Cc2nc3ccc(F)cc3[nH]2)CCCCC1. The van der Waals surface area contributed by atoms with Crippen LogP contribution in [0, 0.1) is 11.2 Å². The lowest BCUT2D eigenvalue weighted by atomic mass is 9.69. The topological polar surface area (TPSA) is 66.0 Å². The first kappa shape index (κ1) is 14.0. The van der Waals surface area contributed by atoms with E-state index in [4.69, 9.17) is 0 Å². The Labute approximate surface area is 122 Å². The van der Waals surface area contributed by atoms with Crippen LogP contribution in [0.15, 0.2) is 18.2 Å². The lowest BCUT2D eigenvalue weighted by Gasteiger charge is -2.35. The van der Waals surface area contributed by atoms with Gasteiger partial charge in [-0.15, -0.1) is 0 Å². The summed E-state index contributed by atoms with van der Waals surface area (Å²) >= 11 is 0. The molecule has 1 aromatic carbocycles. The predicted octanol–water partition coefficient (Wildman–Crippen LogP) is 3.67. The van der Waals surface area contributed by atoms with Crippen molar-refractivity contribution < 1.29 is 14.3 Å². The summed E-state index contributed by atoms with van der Waals surface area (Å²) in [7, 11) is 0. The number of carboxylic acids is 1. The van der Waals surface area contributed by atoms with Crippen LogP contribution in [0.3, 0.4) is 0 Å². The Morgan fingerprint density at radius 3 is 2.81 bits per heavy atom. The molecule has 0 bridgehead atoms. The van der Waals surface area contributed by atoms with Gasteiger partial charge in [0.2, 0.25) is 0 Å². The maximum absolute atomic E-state index is 13.2. The lowest BCUT2D eigenvalue weighted by Crippen LogP contribution is -2.30. The predicted molar refractivity (Wildman–Crippen MR) is 77.5 cm³/mol. The summed E-state index contributed by atoms with van der Waals surface area (Å²) in [5, 5.41) is 9.20. The molecule has 1 aliphatic carbocycles. The number of carbonyl (C=O) groups is 1. The van der Waals surface area contributed by atoms with E-state index in [1.54, 1.807) is 6.07 Å². The van der Waals surface area contributed by atoms with Gasteiger partial charge in [0, 0.05) is 6.42 Å². The zero-order valence-electron chi connectivity index (χ0n) is 11.9. The molecule has 4 nitrogen and oxygen atoms in total. The molecule has 5 heteroatoms. The number of hydrogen-bond donors (Lipinski definition) is 2. The van der Waals surface area contributed by atoms with E-state index >= 15 is 0 Å². The number of benzene rings is 1. The van der Waals surface area contributed by atoms with Gasteiger partial charge < -0.3 is 10.1 Å². The van der Waals surface area contributed by atoms with E-state index in [0.717, 1.165) is 37.0 Å². The number of nitrogens with zero attached hydrogens (tertiary/aromatic N) is 1. The van der Waals surface area contributed by atoms with Crippen LogP contribution in [-0.2, 0) is 11.2 Å². The van der Waals surface area contributed by atoms with Crippen molar-refractivity contribution in [2.75, 3.05) is 0 Å². The summed E-state index contributed by atoms with van der Waals surface area (Å²) in [6, 6.07) is 4.46. The molecule has 0 amide bonds. The highest BCUT2D eigenvalue weighted by atomic mass is 19.1. The summed E-state index contributed by atoms with van der Waals surface area (Å²) in [5.74, 6) is -0.284. The molecule has 2 aromatic rings. The van der Waals surface area contributed by atoms with Crippen LogP contribution in [-0.4, -0.2) is 21.0 Å². The average molecular weight is 290 g/mol. The van der Waals surface area contributed by atoms with Crippen molar-refractivity contribution in [1.82, 2.24) is 9.97 Å². The van der Waals surface area contributed by atoms with E-state index in [1.807, 2.05) is 0 Å². The number of aromatic nitrogens is 2. The van der Waals surface area contributed by atoms with Gasteiger partial charge in [0.15, 0.2) is 0 Å². The van der Waals surface area contributed by atoms with E-state index in [2.05, 4.69) is 9.97 Å². The maximum atomic E-state index is 13.2. The third-order valence-corrected chi connectivity index (χ3v) is 4.48. The van der Waals surface area contributed by atoms with Crippen LogP contribution in [0.1, 0.15) is 44.3 Å². The van der Waals surface area contributed by atoms with Crippen LogP contribution in [0.4, 0.5) is 4.39 Å². The van der Waals surface area contributed by atoms with Crippen LogP contribution in [0.25, 0.3) is 11.0 Å². The fourth-order valence-corrected chi connectivity index (χ4v) is 3.51. The molecule has 1 aliphatic rings. The third-order valence-electron chi connectivity index (χ3n) is 4.48. The van der Waals surface area contributed by atoms with Gasteiger partial charge in [-0.3, -0.25) is 4.79 Å². The number of imidazole rings is 1. The molecular weight excluding hydrogens is 271 g/mol. The number of nitrogens with one attached hydrogen (secondary N) is 1.